The molecule has 2 N–H and O–H groups in total. The summed E-state index contributed by atoms with van der Waals surface area (Å²) < 4.78 is 2.86. The molecule has 1 fully saturated rings. The molecule has 4 rings (SSSR count). The number of aliphatic hydroxyl groups is 1. The van der Waals surface area contributed by atoms with Crippen molar-refractivity contribution in [1.82, 2.24) is 9.61 Å². The van der Waals surface area contributed by atoms with Crippen LogP contribution in [0.4, 0.5) is 11.5 Å². The molecule has 1 aliphatic heterocycles. The van der Waals surface area contributed by atoms with Crippen LogP contribution in [0.2, 0.25) is 0 Å². The van der Waals surface area contributed by atoms with Gasteiger partial charge in [-0.05, 0) is 31.2 Å². The number of carbonyl (C=O) groups excluding carboxylic acids is 1. The van der Waals surface area contributed by atoms with Crippen molar-refractivity contribution in [3.63, 3.8) is 0 Å². The van der Waals surface area contributed by atoms with E-state index in [0.717, 1.165) is 23.1 Å². The molecule has 2 aromatic heterocycles. The van der Waals surface area contributed by atoms with Crippen LogP contribution >= 0.6 is 0 Å². The lowest BCUT2D eigenvalue weighted by molar-refractivity contribution is -0.895. The number of nitrogens with zero attached hydrogens (tertiary/aromatic N) is 4. The number of rotatable bonds is 5. The molecule has 0 atom stereocenters. The molecular formula is C21H26N5O2+. The summed E-state index contributed by atoms with van der Waals surface area (Å²) in [6.45, 7) is 5.87. The molecule has 0 unspecified atom stereocenters. The number of anilines is 1. The maximum Gasteiger partial charge on any atom is 0.185 e. The summed E-state index contributed by atoms with van der Waals surface area (Å²) in [5.74, 6) is 0.404. The quantitative estimate of drug-likeness (QED) is 0.617. The fraction of sp³-hybridized carbons (Fsp3) is 0.381. The Balaban J connectivity index is 1.65. The zero-order valence-corrected chi connectivity index (χ0v) is 16.4. The number of hydrogen-bond donors (Lipinski definition) is 2. The Labute approximate surface area is 164 Å². The minimum absolute atomic E-state index is 0.0798. The average molecular weight is 380 g/mol. The van der Waals surface area contributed by atoms with Crippen LogP contribution < -0.4 is 5.32 Å². The zero-order chi connectivity index (χ0) is 19.7. The Bertz CT molecular complexity index is 1010. The van der Waals surface area contributed by atoms with Crippen molar-refractivity contribution in [2.45, 2.75) is 19.8 Å². The van der Waals surface area contributed by atoms with Crippen LogP contribution in [0, 0.1) is 0 Å². The third-order valence-electron chi connectivity index (χ3n) is 5.70. The molecule has 0 aromatic carbocycles. The molecule has 2 aromatic rings. The number of aliphatic hydroxyl groups excluding tert-OH is 1. The fourth-order valence-corrected chi connectivity index (χ4v) is 3.86. The second-order valence-electron chi connectivity index (χ2n) is 7.82. The molecule has 0 amide bonds. The highest BCUT2D eigenvalue weighted by molar-refractivity contribution is 6.21. The topological polar surface area (TPSA) is 79.0 Å². The van der Waals surface area contributed by atoms with Gasteiger partial charge in [0.1, 0.15) is 17.2 Å². The number of aliphatic imine (C=N–C) groups is 1. The molecular weight excluding hydrogens is 354 g/mol. The van der Waals surface area contributed by atoms with Crippen LogP contribution in [0.3, 0.4) is 0 Å². The Kier molecular flexibility index (Phi) is 4.77. The fourth-order valence-electron chi connectivity index (χ4n) is 3.86. The summed E-state index contributed by atoms with van der Waals surface area (Å²) in [6, 6.07) is 5.79. The third kappa shape index (κ3) is 3.45. The van der Waals surface area contributed by atoms with Crippen LogP contribution in [0.5, 0.6) is 0 Å². The highest BCUT2D eigenvalue weighted by Crippen LogP contribution is 2.31. The molecule has 7 nitrogen and oxygen atoms in total. The summed E-state index contributed by atoms with van der Waals surface area (Å²) in [6.07, 6.45) is 7.45. The molecule has 7 heteroatoms. The minimum Gasteiger partial charge on any atom is -0.505 e. The summed E-state index contributed by atoms with van der Waals surface area (Å²) >= 11 is 0. The number of fused-ring (bicyclic) bond motifs is 1. The van der Waals surface area contributed by atoms with Crippen molar-refractivity contribution < 1.29 is 14.4 Å². The molecule has 0 radical (unpaired) electrons. The number of quaternary nitrogens is 1. The van der Waals surface area contributed by atoms with Gasteiger partial charge in [-0.1, -0.05) is 6.07 Å². The number of aromatic nitrogens is 2. The number of likely N-dealkylation sites (tertiary alicyclic amines) is 1. The molecule has 0 spiro atoms. The lowest BCUT2D eigenvalue weighted by Gasteiger charge is -2.29. The van der Waals surface area contributed by atoms with Gasteiger partial charge in [-0.25, -0.2) is 9.51 Å². The van der Waals surface area contributed by atoms with E-state index in [2.05, 4.69) is 22.5 Å². The number of ketones is 1. The number of nitrogens with one attached hydrogen (secondary N) is 1. The van der Waals surface area contributed by atoms with E-state index in [1.807, 2.05) is 24.4 Å². The smallest absolute Gasteiger partial charge is 0.185 e. The van der Waals surface area contributed by atoms with Gasteiger partial charge in [-0.3, -0.25) is 4.79 Å². The van der Waals surface area contributed by atoms with Gasteiger partial charge < -0.3 is 14.9 Å². The standard InChI is InChI=1S/C21H25N5O2/c1-15-18(27)9-8-16(20(15)28)23-19-17-7-3-4-11-25(17)24-21(19)22-10-14-26(2)12-5-6-13-26/h3-4,7-9,11H,5-6,10,12-14H2,1-2H3,(H-,22,24,27,28)/p+1/b23-16+. The number of allylic oxidation sites excluding steroid dienone is 3. The van der Waals surface area contributed by atoms with Crippen LogP contribution in [-0.2, 0) is 4.79 Å². The maximum absolute atomic E-state index is 11.7. The number of likely N-dealkylation sites (N-methyl/N-ethyl adjacent to an activating group) is 1. The zero-order valence-electron chi connectivity index (χ0n) is 16.4. The first-order valence-electron chi connectivity index (χ1n) is 9.73. The summed E-state index contributed by atoms with van der Waals surface area (Å²) in [5, 5.41) is 18.4. The van der Waals surface area contributed by atoms with Crippen molar-refractivity contribution in [3.8, 4) is 0 Å². The normalized spacial score (nSPS) is 20.5. The van der Waals surface area contributed by atoms with Gasteiger partial charge in [-0.2, -0.15) is 0 Å². The highest BCUT2D eigenvalue weighted by atomic mass is 16.3. The Morgan fingerprint density at radius 3 is 2.86 bits per heavy atom. The first-order valence-corrected chi connectivity index (χ1v) is 9.73. The molecule has 3 heterocycles. The van der Waals surface area contributed by atoms with Crippen molar-refractivity contribution >= 4 is 28.5 Å². The van der Waals surface area contributed by atoms with Gasteiger partial charge in [0.25, 0.3) is 0 Å². The Morgan fingerprint density at radius 2 is 2.07 bits per heavy atom. The molecule has 1 saturated heterocycles. The van der Waals surface area contributed by atoms with Crippen molar-refractivity contribution in [2.75, 3.05) is 38.5 Å². The minimum atomic E-state index is -0.197. The van der Waals surface area contributed by atoms with Gasteiger partial charge in [0.05, 0.1) is 38.7 Å². The third-order valence-corrected chi connectivity index (χ3v) is 5.70. The number of carbonyl (C=O) groups is 1. The van der Waals surface area contributed by atoms with Crippen molar-refractivity contribution in [2.24, 2.45) is 4.99 Å². The van der Waals surface area contributed by atoms with Crippen LogP contribution in [-0.4, -0.2) is 63.9 Å². The SMILES string of the molecule is CC1=C(O)/C(=N/c2c(NCC[N+]3(C)CCCC3)nn3ccccc23)C=CC1=O. The highest BCUT2D eigenvalue weighted by Gasteiger charge is 2.26. The summed E-state index contributed by atoms with van der Waals surface area (Å²) in [5.41, 5.74) is 2.18. The lowest BCUT2D eigenvalue weighted by atomic mass is 10.0. The van der Waals surface area contributed by atoms with E-state index < -0.39 is 0 Å². The van der Waals surface area contributed by atoms with E-state index in [9.17, 15) is 9.90 Å². The van der Waals surface area contributed by atoms with Gasteiger partial charge in [-0.15, -0.1) is 5.10 Å². The molecule has 1 aliphatic carbocycles. The monoisotopic (exact) mass is 380 g/mol. The average Bonchev–Trinajstić information content (AvgIpc) is 3.26. The largest absolute Gasteiger partial charge is 0.505 e. The van der Waals surface area contributed by atoms with E-state index in [1.165, 1.54) is 32.0 Å². The molecule has 28 heavy (non-hydrogen) atoms. The Morgan fingerprint density at radius 1 is 1.29 bits per heavy atom. The van der Waals surface area contributed by atoms with Crippen LogP contribution in [0.15, 0.2) is 52.9 Å². The predicted molar refractivity (Wildman–Crippen MR) is 110 cm³/mol. The van der Waals surface area contributed by atoms with Gasteiger partial charge in [0, 0.05) is 24.6 Å². The first-order chi connectivity index (χ1) is 13.5. The Hall–Kier alpha value is -2.93. The second-order valence-corrected chi connectivity index (χ2v) is 7.82. The molecule has 2 aliphatic rings. The van der Waals surface area contributed by atoms with Crippen LogP contribution in [0.25, 0.3) is 5.52 Å². The van der Waals surface area contributed by atoms with E-state index in [-0.39, 0.29) is 11.5 Å². The van der Waals surface area contributed by atoms with Gasteiger partial charge in [0.15, 0.2) is 11.6 Å². The van der Waals surface area contributed by atoms with Gasteiger partial charge >= 0.3 is 0 Å². The molecule has 0 saturated carbocycles. The second kappa shape index (κ2) is 7.24. The van der Waals surface area contributed by atoms with Crippen molar-refractivity contribution in [1.29, 1.82) is 0 Å². The van der Waals surface area contributed by atoms with Crippen LogP contribution in [0.1, 0.15) is 19.8 Å². The number of hydrogen-bond acceptors (Lipinski definition) is 5. The summed E-state index contributed by atoms with van der Waals surface area (Å²) in [4.78, 5) is 16.4. The van der Waals surface area contributed by atoms with E-state index >= 15 is 0 Å². The van der Waals surface area contributed by atoms with Crippen molar-refractivity contribution in [3.05, 3.63) is 47.9 Å². The van der Waals surface area contributed by atoms with E-state index in [4.69, 9.17) is 0 Å². The van der Waals surface area contributed by atoms with Gasteiger partial charge in [0.2, 0.25) is 0 Å². The maximum atomic E-state index is 11.7. The first kappa shape index (κ1) is 18.4. The molecule has 0 bridgehead atoms. The van der Waals surface area contributed by atoms with E-state index in [0.29, 0.717) is 22.8 Å². The summed E-state index contributed by atoms with van der Waals surface area (Å²) in [7, 11) is 2.30. The lowest BCUT2D eigenvalue weighted by Crippen LogP contribution is -2.44. The number of pyridine rings is 1. The van der Waals surface area contributed by atoms with E-state index in [1.54, 1.807) is 17.5 Å². The predicted octanol–water partition coefficient (Wildman–Crippen LogP) is 3.03. The molecule has 146 valence electrons.